The summed E-state index contributed by atoms with van der Waals surface area (Å²) < 4.78 is 0. The van der Waals surface area contributed by atoms with Crippen LogP contribution in [0, 0.1) is 30.6 Å². The normalized spacial score (nSPS) is 29.9. The Morgan fingerprint density at radius 2 is 1.40 bits per heavy atom. The average molecular weight is 623 g/mol. The third-order valence-electron chi connectivity index (χ3n) is 7.56. The highest BCUT2D eigenvalue weighted by atomic mass is 79.9. The number of hydrogen-bond donors (Lipinski definition) is 0. The molecule has 6 nitrogen and oxygen atoms in total. The largest absolute Gasteiger partial charge is 0.292 e. The van der Waals surface area contributed by atoms with Gasteiger partial charge in [-0.05, 0) is 56.4 Å². The summed E-state index contributed by atoms with van der Waals surface area (Å²) >= 11 is 13.4. The number of rotatable bonds is 5. The van der Waals surface area contributed by atoms with Gasteiger partial charge in [-0.2, -0.15) is 5.01 Å². The van der Waals surface area contributed by atoms with E-state index in [9.17, 15) is 19.2 Å². The van der Waals surface area contributed by atoms with E-state index in [1.54, 1.807) is 31.2 Å². The van der Waals surface area contributed by atoms with Crippen LogP contribution in [-0.2, 0) is 9.59 Å². The number of imide groups is 1. The molecule has 5 rings (SSSR count). The molecule has 0 N–H and O–H groups in total. The fourth-order valence-corrected chi connectivity index (χ4v) is 7.78. The SMILES string of the molecule is Cc1ccc(C(=O)[C@H](C)N(C(=O)c2ccc(Cl)cc2)N2C(=O)[C@@H]3[C@H]4C[C@@H]([C@H](Br)[C@H]4Br)[C@H]3C2=O)cc1. The monoisotopic (exact) mass is 620 g/mol. The van der Waals surface area contributed by atoms with Gasteiger partial charge in [0.2, 0.25) is 0 Å². The van der Waals surface area contributed by atoms with Gasteiger partial charge in [0.05, 0.1) is 11.8 Å². The second-order valence-electron chi connectivity index (χ2n) is 9.55. The first-order valence-corrected chi connectivity index (χ1v) is 13.7. The maximum Gasteiger partial charge on any atom is 0.273 e. The molecule has 2 bridgehead atoms. The van der Waals surface area contributed by atoms with Crippen LogP contribution in [0.3, 0.4) is 0 Å². The number of hydrazine groups is 1. The molecule has 1 aliphatic heterocycles. The van der Waals surface area contributed by atoms with E-state index in [1.807, 2.05) is 19.1 Å². The first-order chi connectivity index (χ1) is 16.6. The van der Waals surface area contributed by atoms with Gasteiger partial charge in [0.25, 0.3) is 17.7 Å². The second-order valence-corrected chi connectivity index (χ2v) is 12.1. The van der Waals surface area contributed by atoms with E-state index < -0.39 is 35.6 Å². The summed E-state index contributed by atoms with van der Waals surface area (Å²) in [4.78, 5) is 54.8. The third kappa shape index (κ3) is 3.89. The minimum Gasteiger partial charge on any atom is -0.292 e. The average Bonchev–Trinajstić information content (AvgIpc) is 3.45. The quantitative estimate of drug-likeness (QED) is 0.266. The summed E-state index contributed by atoms with van der Waals surface area (Å²) in [6.45, 7) is 3.47. The van der Waals surface area contributed by atoms with E-state index >= 15 is 0 Å². The van der Waals surface area contributed by atoms with Gasteiger partial charge in [0.15, 0.2) is 5.78 Å². The molecule has 3 fully saturated rings. The Bertz CT molecular complexity index is 1190. The number of fused-ring (bicyclic) bond motifs is 5. The standard InChI is InChI=1S/C26H23Br2ClN2O4/c1-12-3-5-14(6-4-12)23(32)13(2)30(24(33)15-7-9-16(29)10-8-15)31-25(34)19-17-11-18(20(19)26(31)35)22(28)21(17)27/h3-10,13,17-22H,11H2,1-2H3/t13-,17+,18+,19+,20+,21-,22-/m0/s1. The van der Waals surface area contributed by atoms with Crippen molar-refractivity contribution in [1.29, 1.82) is 0 Å². The molecule has 35 heavy (non-hydrogen) atoms. The van der Waals surface area contributed by atoms with Gasteiger partial charge in [-0.3, -0.25) is 19.2 Å². The smallest absolute Gasteiger partial charge is 0.273 e. The highest BCUT2D eigenvalue weighted by Crippen LogP contribution is 2.60. The van der Waals surface area contributed by atoms with Crippen LogP contribution in [0.2, 0.25) is 5.02 Å². The van der Waals surface area contributed by atoms with Crippen LogP contribution in [0.15, 0.2) is 48.5 Å². The summed E-state index contributed by atoms with van der Waals surface area (Å²) in [5, 5.41) is 2.45. The number of hydrogen-bond acceptors (Lipinski definition) is 4. The lowest BCUT2D eigenvalue weighted by molar-refractivity contribution is -0.157. The van der Waals surface area contributed by atoms with E-state index in [1.165, 1.54) is 12.1 Å². The molecule has 0 aromatic heterocycles. The molecular weight excluding hydrogens is 600 g/mol. The zero-order chi connectivity index (χ0) is 25.2. The lowest BCUT2D eigenvalue weighted by Crippen LogP contribution is -2.56. The number of carbonyl (C=O) groups excluding carboxylic acids is 4. The molecule has 182 valence electrons. The summed E-state index contributed by atoms with van der Waals surface area (Å²) in [5.41, 5.74) is 1.62. The Labute approximate surface area is 225 Å². The number of amides is 3. The summed E-state index contributed by atoms with van der Waals surface area (Å²) in [6.07, 6.45) is 0.773. The number of aryl methyl sites for hydroxylation is 1. The molecule has 9 heteroatoms. The van der Waals surface area contributed by atoms with Gasteiger partial charge < -0.3 is 0 Å². The fraction of sp³-hybridized carbons (Fsp3) is 0.385. The summed E-state index contributed by atoms with van der Waals surface area (Å²) in [6, 6.07) is 12.1. The fourth-order valence-electron chi connectivity index (χ4n) is 5.78. The highest BCUT2D eigenvalue weighted by molar-refractivity contribution is 9.12. The topological polar surface area (TPSA) is 74.8 Å². The van der Waals surface area contributed by atoms with Gasteiger partial charge in [0.1, 0.15) is 6.04 Å². The Balaban J connectivity index is 1.55. The molecule has 3 amide bonds. The Morgan fingerprint density at radius 1 is 0.914 bits per heavy atom. The lowest BCUT2D eigenvalue weighted by atomic mass is 9.81. The first-order valence-electron chi connectivity index (χ1n) is 11.5. The molecule has 3 aliphatic rings. The zero-order valence-electron chi connectivity index (χ0n) is 19.0. The highest BCUT2D eigenvalue weighted by Gasteiger charge is 2.68. The van der Waals surface area contributed by atoms with Crippen LogP contribution in [0.25, 0.3) is 0 Å². The van der Waals surface area contributed by atoms with Crippen LogP contribution in [0.1, 0.15) is 39.6 Å². The summed E-state index contributed by atoms with van der Waals surface area (Å²) in [7, 11) is 0. The van der Waals surface area contributed by atoms with Crippen molar-refractivity contribution in [2.75, 3.05) is 0 Å². The number of Topliss-reactive ketones (excluding diaryl/α,β-unsaturated/α-hetero) is 1. The molecule has 0 spiro atoms. The number of carbonyl (C=O) groups is 4. The third-order valence-corrected chi connectivity index (χ3v) is 11.0. The Hall–Kier alpha value is -2.03. The van der Waals surface area contributed by atoms with Crippen molar-refractivity contribution in [3.05, 3.63) is 70.2 Å². The number of ketones is 1. The van der Waals surface area contributed by atoms with Crippen molar-refractivity contribution in [3.8, 4) is 0 Å². The van der Waals surface area contributed by atoms with Gasteiger partial charge in [-0.15, -0.1) is 0 Å². The van der Waals surface area contributed by atoms with E-state index in [2.05, 4.69) is 31.9 Å². The summed E-state index contributed by atoms with van der Waals surface area (Å²) in [5.74, 6) is -2.82. The minimum absolute atomic E-state index is 0.00795. The Morgan fingerprint density at radius 3 is 1.91 bits per heavy atom. The van der Waals surface area contributed by atoms with Crippen LogP contribution in [-0.4, -0.2) is 49.2 Å². The molecule has 1 heterocycles. The Kier molecular flexibility index (Phi) is 6.43. The van der Waals surface area contributed by atoms with Crippen molar-refractivity contribution in [2.24, 2.45) is 23.7 Å². The molecule has 0 unspecified atom stereocenters. The predicted octanol–water partition coefficient (Wildman–Crippen LogP) is 5.05. The van der Waals surface area contributed by atoms with E-state index in [-0.39, 0.29) is 32.8 Å². The number of benzene rings is 2. The van der Waals surface area contributed by atoms with Gasteiger partial charge in [-0.1, -0.05) is 73.3 Å². The lowest BCUT2D eigenvalue weighted by Gasteiger charge is -2.35. The molecule has 2 saturated carbocycles. The molecule has 1 saturated heterocycles. The van der Waals surface area contributed by atoms with Gasteiger partial charge >= 0.3 is 0 Å². The molecule has 2 aromatic rings. The van der Waals surface area contributed by atoms with Gasteiger partial charge in [-0.25, -0.2) is 5.01 Å². The van der Waals surface area contributed by atoms with Crippen LogP contribution in [0.5, 0.6) is 0 Å². The molecule has 7 atom stereocenters. The minimum atomic E-state index is -1.08. The number of halogens is 3. The van der Waals surface area contributed by atoms with Crippen molar-refractivity contribution in [1.82, 2.24) is 10.0 Å². The van der Waals surface area contributed by atoms with E-state index in [4.69, 9.17) is 11.6 Å². The van der Waals surface area contributed by atoms with Crippen molar-refractivity contribution in [3.63, 3.8) is 0 Å². The van der Waals surface area contributed by atoms with E-state index in [0.29, 0.717) is 10.6 Å². The maximum absolute atomic E-state index is 13.8. The predicted molar refractivity (Wildman–Crippen MR) is 138 cm³/mol. The van der Waals surface area contributed by atoms with Crippen molar-refractivity contribution >= 4 is 67.0 Å². The number of alkyl halides is 2. The number of nitrogens with zero attached hydrogens (tertiary/aromatic N) is 2. The van der Waals surface area contributed by atoms with Gasteiger partial charge in [0, 0.05) is 25.8 Å². The molecule has 2 aliphatic carbocycles. The van der Waals surface area contributed by atoms with Crippen LogP contribution in [0.4, 0.5) is 0 Å². The molecular formula is C26H23Br2ClN2O4. The first kappa shape index (κ1) is 24.7. The van der Waals surface area contributed by atoms with E-state index in [0.717, 1.165) is 22.0 Å². The second kappa shape index (κ2) is 9.12. The maximum atomic E-state index is 13.8. The van der Waals surface area contributed by atoms with Crippen LogP contribution < -0.4 is 0 Å². The molecule has 0 radical (unpaired) electrons. The zero-order valence-corrected chi connectivity index (χ0v) is 23.0. The van der Waals surface area contributed by atoms with Crippen molar-refractivity contribution < 1.29 is 19.2 Å². The van der Waals surface area contributed by atoms with Crippen LogP contribution >= 0.6 is 43.5 Å². The van der Waals surface area contributed by atoms with Crippen molar-refractivity contribution in [2.45, 2.75) is 36.0 Å². The molecule has 2 aromatic carbocycles.